The Balaban J connectivity index is 0.000000457. The smallest absolute Gasteiger partial charge is 0.475 e. The van der Waals surface area contributed by atoms with Crippen molar-refractivity contribution in [3.63, 3.8) is 0 Å². The number of hydrogen-bond donors (Lipinski definition) is 4. The van der Waals surface area contributed by atoms with Gasteiger partial charge in [-0.15, -0.1) is 0 Å². The van der Waals surface area contributed by atoms with Crippen LogP contribution in [0.4, 0.5) is 58.4 Å². The predicted molar refractivity (Wildman–Crippen MR) is 167 cm³/mol. The minimum absolute atomic E-state index is 0.116. The Morgan fingerprint density at radius 3 is 1.50 bits per heavy atom. The van der Waals surface area contributed by atoms with Crippen molar-refractivity contribution in [2.45, 2.75) is 49.6 Å². The molecular weight excluding hydrogens is 820 g/mol. The molecule has 1 aromatic carbocycles. The van der Waals surface area contributed by atoms with Crippen molar-refractivity contribution in [3.8, 4) is 0 Å². The molecule has 2 aromatic heterocycles. The van der Waals surface area contributed by atoms with Gasteiger partial charge < -0.3 is 25.3 Å². The minimum Gasteiger partial charge on any atom is -0.475 e. The largest absolute Gasteiger partial charge is 0.490 e. The number of aliphatic carboxylic acids is 4. The van der Waals surface area contributed by atoms with E-state index < -0.39 is 48.6 Å². The van der Waals surface area contributed by atoms with Crippen molar-refractivity contribution >= 4 is 41.2 Å². The van der Waals surface area contributed by atoms with Crippen LogP contribution in [0, 0.1) is 0 Å². The van der Waals surface area contributed by atoms with E-state index in [2.05, 4.69) is 45.1 Å². The second kappa shape index (κ2) is 20.0. The first-order valence-corrected chi connectivity index (χ1v) is 15.1. The Kier molecular flexibility index (Phi) is 17.3. The number of rotatable bonds is 4. The van der Waals surface area contributed by atoms with Gasteiger partial charge in [0.05, 0.1) is 11.4 Å². The molecule has 12 nitrogen and oxygen atoms in total. The van der Waals surface area contributed by atoms with Crippen LogP contribution in [-0.2, 0) is 37.7 Å². The number of anilines is 1. The molecule has 0 radical (unpaired) electrons. The lowest BCUT2D eigenvalue weighted by molar-refractivity contribution is -0.193. The fourth-order valence-electron chi connectivity index (χ4n) is 4.70. The van der Waals surface area contributed by atoms with Crippen LogP contribution in [0.15, 0.2) is 67.1 Å². The van der Waals surface area contributed by atoms with E-state index in [-0.39, 0.29) is 5.41 Å². The highest BCUT2D eigenvalue weighted by atomic mass is 35.5. The summed E-state index contributed by atoms with van der Waals surface area (Å²) in [6, 6.07) is 16.6. The lowest BCUT2D eigenvalue weighted by Gasteiger charge is -2.26. The van der Waals surface area contributed by atoms with Crippen molar-refractivity contribution in [1.29, 1.82) is 0 Å². The molecule has 2 aliphatic heterocycles. The first kappa shape index (κ1) is 48.6. The molecule has 1 spiro atoms. The van der Waals surface area contributed by atoms with Gasteiger partial charge in [-0.2, -0.15) is 52.7 Å². The van der Waals surface area contributed by atoms with Gasteiger partial charge in [-0.25, -0.2) is 19.2 Å². The van der Waals surface area contributed by atoms with Crippen molar-refractivity contribution in [1.82, 2.24) is 14.9 Å². The minimum atomic E-state index is -5.08. The van der Waals surface area contributed by atoms with Crippen LogP contribution in [0.1, 0.15) is 23.2 Å². The van der Waals surface area contributed by atoms with E-state index in [0.717, 1.165) is 44.2 Å². The van der Waals surface area contributed by atoms with Crippen LogP contribution in [-0.4, -0.2) is 104 Å². The number of alkyl halides is 12. The number of aromatic nitrogens is 2. The lowest BCUT2D eigenvalue weighted by atomic mass is 9.85. The SMILES string of the molecule is Clc1ccc(CN2CCC3(C2)CN(Cc2cccnc2)c2cccnc23)cc1.O=C(O)C(F)(F)F.O=C(O)C(F)(F)F.O=C(O)C(F)(F)F.O=C(O)C(F)(F)F. The van der Waals surface area contributed by atoms with E-state index in [0.29, 0.717) is 0 Å². The second-order valence-corrected chi connectivity index (χ2v) is 11.6. The third-order valence-corrected chi connectivity index (χ3v) is 7.19. The van der Waals surface area contributed by atoms with E-state index in [1.165, 1.54) is 22.5 Å². The van der Waals surface area contributed by atoms with E-state index in [4.69, 9.17) is 56.2 Å². The Labute approximate surface area is 311 Å². The number of likely N-dealkylation sites (tertiary alicyclic amines) is 1. The summed E-state index contributed by atoms with van der Waals surface area (Å²) in [5.74, 6) is -11.0. The van der Waals surface area contributed by atoms with Gasteiger partial charge in [-0.1, -0.05) is 29.8 Å². The number of benzene rings is 1. The molecule has 3 aromatic rings. The zero-order chi connectivity index (χ0) is 43.3. The summed E-state index contributed by atoms with van der Waals surface area (Å²) >= 11 is 6.03. The summed E-state index contributed by atoms with van der Waals surface area (Å²) in [6.45, 7) is 5.00. The summed E-state index contributed by atoms with van der Waals surface area (Å²) in [5, 5.41) is 29.3. The number of carboxylic acids is 4. The van der Waals surface area contributed by atoms with Crippen molar-refractivity contribution in [2.75, 3.05) is 24.5 Å². The highest BCUT2D eigenvalue weighted by Gasteiger charge is 2.48. The maximum absolute atomic E-state index is 10.6. The molecule has 0 aliphatic carbocycles. The average molecular weight is 847 g/mol. The van der Waals surface area contributed by atoms with Crippen molar-refractivity contribution in [3.05, 3.63) is 89.0 Å². The number of halogens is 13. The standard InChI is InChI=1S/C23H23ClN4.4C2HF3O2/c24-20-7-5-18(6-8-20)14-27-12-9-23(16-27)17-28(15-19-3-1-10-25-13-19)21-4-2-11-26-22(21)23;4*3-2(4,5)1(6)7/h1-8,10-11,13H,9,12,14-17H2;4*(H,6,7). The molecule has 1 fully saturated rings. The molecule has 0 saturated carbocycles. The average Bonchev–Trinajstić information content (AvgIpc) is 3.61. The van der Waals surface area contributed by atoms with Crippen LogP contribution >= 0.6 is 11.6 Å². The molecule has 0 bridgehead atoms. The molecule has 2 aliphatic rings. The highest BCUT2D eigenvalue weighted by molar-refractivity contribution is 6.30. The quantitative estimate of drug-likeness (QED) is 0.202. The topological polar surface area (TPSA) is 181 Å². The van der Waals surface area contributed by atoms with Gasteiger partial charge in [0.25, 0.3) is 0 Å². The summed E-state index contributed by atoms with van der Waals surface area (Å²) in [6.07, 6.45) is -13.5. The number of hydrogen-bond acceptors (Lipinski definition) is 8. The summed E-state index contributed by atoms with van der Waals surface area (Å²) in [5.41, 5.74) is 5.21. The number of fused-ring (bicyclic) bond motifs is 2. The monoisotopic (exact) mass is 846 g/mol. The van der Waals surface area contributed by atoms with Gasteiger partial charge in [0, 0.05) is 55.2 Å². The van der Waals surface area contributed by atoms with Gasteiger partial charge in [0.2, 0.25) is 0 Å². The lowest BCUT2D eigenvalue weighted by Crippen LogP contribution is -2.36. The third kappa shape index (κ3) is 16.5. The summed E-state index contributed by atoms with van der Waals surface area (Å²) in [4.78, 5) is 49.7. The van der Waals surface area contributed by atoms with E-state index in [1.807, 2.05) is 36.8 Å². The third-order valence-electron chi connectivity index (χ3n) is 6.94. The Morgan fingerprint density at radius 1 is 0.643 bits per heavy atom. The van der Waals surface area contributed by atoms with E-state index in [9.17, 15) is 52.7 Å². The molecule has 0 amide bonds. The number of carboxylic acid groups (broad SMARTS) is 4. The van der Waals surface area contributed by atoms with Gasteiger partial charge in [0.1, 0.15) is 0 Å². The predicted octanol–water partition coefficient (Wildman–Crippen LogP) is 6.83. The molecule has 4 N–H and O–H groups in total. The van der Waals surface area contributed by atoms with Gasteiger partial charge >= 0.3 is 48.6 Å². The normalized spacial score (nSPS) is 16.3. The second-order valence-electron chi connectivity index (χ2n) is 11.2. The maximum atomic E-state index is 10.6. The highest BCUT2D eigenvalue weighted by Crippen LogP contribution is 2.45. The zero-order valence-corrected chi connectivity index (χ0v) is 28.5. The molecule has 4 heterocycles. The van der Waals surface area contributed by atoms with Crippen LogP contribution in [0.25, 0.3) is 0 Å². The Bertz CT molecular complexity index is 1660. The van der Waals surface area contributed by atoms with Gasteiger partial charge in [0.15, 0.2) is 0 Å². The van der Waals surface area contributed by atoms with Crippen LogP contribution < -0.4 is 4.90 Å². The van der Waals surface area contributed by atoms with Crippen molar-refractivity contribution in [2.24, 2.45) is 0 Å². The molecule has 1 atom stereocenters. The maximum Gasteiger partial charge on any atom is 0.490 e. The van der Waals surface area contributed by atoms with Crippen LogP contribution in [0.2, 0.25) is 5.02 Å². The van der Waals surface area contributed by atoms with Crippen LogP contribution in [0.3, 0.4) is 0 Å². The molecular formula is C31H27ClF12N4O8. The molecule has 1 unspecified atom stereocenters. The van der Waals surface area contributed by atoms with Crippen LogP contribution in [0.5, 0.6) is 0 Å². The molecule has 310 valence electrons. The first-order chi connectivity index (χ1) is 25.5. The molecule has 56 heavy (non-hydrogen) atoms. The molecule has 5 rings (SSSR count). The number of nitrogens with zero attached hydrogens (tertiary/aromatic N) is 4. The summed E-state index contributed by atoms with van der Waals surface area (Å²) in [7, 11) is 0. The fourth-order valence-corrected chi connectivity index (χ4v) is 4.83. The Morgan fingerprint density at radius 2 is 1.09 bits per heavy atom. The van der Waals surface area contributed by atoms with Crippen molar-refractivity contribution < 1.29 is 92.3 Å². The zero-order valence-electron chi connectivity index (χ0n) is 27.7. The van der Waals surface area contributed by atoms with Gasteiger partial charge in [-0.05, 0) is 54.4 Å². The number of pyridine rings is 2. The molecule has 1 saturated heterocycles. The van der Waals surface area contributed by atoms with Gasteiger partial charge in [-0.3, -0.25) is 14.9 Å². The Hall–Kier alpha value is -5.39. The van der Waals surface area contributed by atoms with E-state index in [1.54, 1.807) is 0 Å². The van der Waals surface area contributed by atoms with E-state index >= 15 is 0 Å². The number of carbonyl (C=O) groups is 4. The fraction of sp³-hybridized carbons (Fsp3) is 0.355. The molecule has 25 heteroatoms. The first-order valence-electron chi connectivity index (χ1n) is 14.8. The summed E-state index contributed by atoms with van der Waals surface area (Å²) < 4.78 is 127.